The fourth-order valence-electron chi connectivity index (χ4n) is 10.1. The molecule has 11 atom stereocenters. The summed E-state index contributed by atoms with van der Waals surface area (Å²) < 4.78 is 29.4. The van der Waals surface area contributed by atoms with Crippen molar-refractivity contribution in [3.05, 3.63) is 84.1 Å². The zero-order valence-corrected chi connectivity index (χ0v) is 47.6. The molecule has 1 saturated heterocycles. The van der Waals surface area contributed by atoms with Crippen molar-refractivity contribution < 1.29 is 107 Å². The van der Waals surface area contributed by atoms with Gasteiger partial charge < -0.3 is 44.3 Å². The first-order valence-electron chi connectivity index (χ1n) is 24.3. The molecule has 15 heteroatoms. The fourth-order valence-corrected chi connectivity index (χ4v) is 10.1. The van der Waals surface area contributed by atoms with Gasteiger partial charge in [0.2, 0.25) is 0 Å². The SMILES string of the molecule is CC/C=C\C/C=C\C/C=C\C/C=C\C/C=C\C/C=C\CCC(=O)O[C@H]1C[C@H]2OC[C@@]2(O)[C@H]2[C@H](OC(C)=O)[C@]3(O)C[C@H](OC(=O)[C@H](C)[C@H](C)NC(=O)OC(C)(C)C)C(C)=C([C@@H](O)C(=O)[C@]12C)C3(C)C.[Ac]. The molecule has 2 bridgehead atoms. The molecule has 1 aliphatic heterocycles. The molecule has 69 heavy (non-hydrogen) atoms. The van der Waals surface area contributed by atoms with Crippen molar-refractivity contribution in [1.82, 2.24) is 5.32 Å². The first-order chi connectivity index (χ1) is 31.9. The third kappa shape index (κ3) is 14.5. The van der Waals surface area contributed by atoms with Gasteiger partial charge in [0.15, 0.2) is 5.78 Å². The first kappa shape index (κ1) is 60.1. The number of hydrogen-bond donors (Lipinski definition) is 4. The number of allylic oxidation sites excluding steroid dienone is 12. The van der Waals surface area contributed by atoms with Crippen LogP contribution in [0.3, 0.4) is 0 Å². The average Bonchev–Trinajstić information content (AvgIpc) is 3.24. The molecule has 381 valence electrons. The Labute approximate surface area is 446 Å². The fraction of sp³-hybridized carbons (Fsp3) is 0.648. The zero-order chi connectivity index (χ0) is 50.7. The number of aliphatic hydroxyl groups is 3. The quantitative estimate of drug-likeness (QED) is 0.0515. The first-order valence-corrected chi connectivity index (χ1v) is 24.3. The smallest absolute Gasteiger partial charge is 0.407 e. The van der Waals surface area contributed by atoms with E-state index in [1.165, 1.54) is 6.92 Å². The van der Waals surface area contributed by atoms with Crippen LogP contribution in [0.15, 0.2) is 84.1 Å². The van der Waals surface area contributed by atoms with E-state index in [1.807, 2.05) is 18.2 Å². The Bertz CT molecular complexity index is 2030. The summed E-state index contributed by atoms with van der Waals surface area (Å²) in [4.78, 5) is 68.2. The van der Waals surface area contributed by atoms with Gasteiger partial charge in [-0.05, 0) is 105 Å². The molecule has 3 aliphatic carbocycles. The van der Waals surface area contributed by atoms with Crippen LogP contribution in [-0.4, -0.2) is 105 Å². The number of aliphatic hydroxyl groups excluding tert-OH is 1. The molecular formula is C54H79AcNO13. The van der Waals surface area contributed by atoms with Gasteiger partial charge in [-0.1, -0.05) is 93.7 Å². The average molecular weight is 1180 g/mol. The van der Waals surface area contributed by atoms with Crippen LogP contribution in [-0.2, 0) is 42.9 Å². The Morgan fingerprint density at radius 2 is 1.36 bits per heavy atom. The van der Waals surface area contributed by atoms with Crippen molar-refractivity contribution in [2.75, 3.05) is 6.61 Å². The van der Waals surface area contributed by atoms with Crippen LogP contribution in [0.4, 0.5) is 4.79 Å². The largest absolute Gasteiger partial charge is 0.461 e. The Kier molecular flexibility index (Phi) is 22.6. The predicted octanol–water partition coefficient (Wildman–Crippen LogP) is 8.35. The summed E-state index contributed by atoms with van der Waals surface area (Å²) in [5, 5.41) is 40.7. The molecule has 4 aliphatic rings. The number of hydrogen-bond acceptors (Lipinski definition) is 13. The Morgan fingerprint density at radius 1 is 0.841 bits per heavy atom. The molecule has 1 radical (unpaired) electrons. The van der Waals surface area contributed by atoms with E-state index in [-0.39, 0.29) is 75.5 Å². The van der Waals surface area contributed by atoms with E-state index in [4.69, 9.17) is 23.7 Å². The van der Waals surface area contributed by atoms with Crippen LogP contribution in [0.1, 0.15) is 140 Å². The van der Waals surface area contributed by atoms with E-state index in [2.05, 4.69) is 66.9 Å². The van der Waals surface area contributed by atoms with Crippen LogP contribution < -0.4 is 5.32 Å². The van der Waals surface area contributed by atoms with Crippen molar-refractivity contribution in [2.45, 2.75) is 194 Å². The second-order valence-corrected chi connectivity index (χ2v) is 20.5. The van der Waals surface area contributed by atoms with Crippen LogP contribution in [0.2, 0.25) is 0 Å². The number of Topliss-reactive ketones (excluding diaryl/α,β-unsaturated/α-hetero) is 1. The van der Waals surface area contributed by atoms with Gasteiger partial charge in [0.05, 0.1) is 24.0 Å². The van der Waals surface area contributed by atoms with Crippen molar-refractivity contribution >= 4 is 29.8 Å². The molecule has 14 nitrogen and oxygen atoms in total. The molecule has 3 fully saturated rings. The van der Waals surface area contributed by atoms with Gasteiger partial charge in [0, 0.05) is 87.6 Å². The van der Waals surface area contributed by atoms with E-state index in [0.29, 0.717) is 18.4 Å². The number of ketones is 1. The summed E-state index contributed by atoms with van der Waals surface area (Å²) in [6.07, 6.45) is 22.5. The summed E-state index contributed by atoms with van der Waals surface area (Å²) in [6.45, 7) is 17.5. The van der Waals surface area contributed by atoms with Crippen LogP contribution in [0.25, 0.3) is 0 Å². The maximum atomic E-state index is 15.2. The van der Waals surface area contributed by atoms with Gasteiger partial charge in [0.25, 0.3) is 0 Å². The van der Waals surface area contributed by atoms with E-state index in [9.17, 15) is 34.5 Å². The Morgan fingerprint density at radius 3 is 1.84 bits per heavy atom. The van der Waals surface area contributed by atoms with E-state index in [0.717, 1.165) is 39.0 Å². The third-order valence-corrected chi connectivity index (χ3v) is 14.1. The molecule has 4 N–H and O–H groups in total. The maximum Gasteiger partial charge on any atom is 0.407 e. The number of esters is 3. The summed E-state index contributed by atoms with van der Waals surface area (Å²) in [5.74, 6) is -5.43. The number of carbonyl (C=O) groups is 5. The molecule has 0 unspecified atom stereocenters. The maximum absolute atomic E-state index is 15.2. The predicted molar refractivity (Wildman–Crippen MR) is 259 cm³/mol. The van der Waals surface area contributed by atoms with Crippen molar-refractivity contribution in [2.24, 2.45) is 22.7 Å². The minimum Gasteiger partial charge on any atom is -0.461 e. The van der Waals surface area contributed by atoms with Gasteiger partial charge >= 0.3 is 24.0 Å². The second kappa shape index (κ2) is 26.0. The zero-order valence-electron chi connectivity index (χ0n) is 42.8. The van der Waals surface area contributed by atoms with E-state index in [1.54, 1.807) is 55.4 Å². The molecule has 1 amide bonds. The number of nitrogens with one attached hydrogen (secondary N) is 1. The van der Waals surface area contributed by atoms with Crippen LogP contribution >= 0.6 is 0 Å². The van der Waals surface area contributed by atoms with Crippen LogP contribution in [0, 0.1) is 66.7 Å². The number of ether oxygens (including phenoxy) is 5. The molecule has 0 spiro atoms. The summed E-state index contributed by atoms with van der Waals surface area (Å²) in [6, 6.07) is -0.752. The topological polar surface area (TPSA) is 204 Å². The standard InChI is InChI=1S/C54H79NO13.Ac/c1-12-13-14-15-16-17-18-19-20-21-22-23-24-25-26-27-28-29-30-31-42(57)67-40-32-41-53(62,34-64-41)45-47(65-38(5)56)54(63)33-39(36(3)43(51(54,9)10)44(58)46(59)52(40,45)11)66-48(60)35(2)37(4)55-49(61)68-50(6,7)8;/h13-14,16-17,19-20,22-23,25-26,28-29,35,37,39-41,44-45,47,58,62-63H,12,15,18,21,24,27,30-34H2,1-11H3,(H,55,61);/b14-13-,17-16-,20-19-,23-22-,26-25-,29-28-;/t35-,37+,39+,40+,41-,44-,45+,47+,52-,53+,54-;/m1./s1. The molecular weight excluding hydrogens is 1100 g/mol. The monoisotopic (exact) mass is 1180 g/mol. The van der Waals surface area contributed by atoms with E-state index < -0.39 is 106 Å². The van der Waals surface area contributed by atoms with Gasteiger partial charge in [-0.25, -0.2) is 4.79 Å². The van der Waals surface area contributed by atoms with Gasteiger partial charge in [-0.15, -0.1) is 0 Å². The number of rotatable bonds is 20. The number of fused-ring (bicyclic) bond motifs is 5. The Balaban J connectivity index is 0.0000126. The van der Waals surface area contributed by atoms with Crippen molar-refractivity contribution in [1.29, 1.82) is 0 Å². The van der Waals surface area contributed by atoms with Crippen LogP contribution in [0.5, 0.6) is 0 Å². The van der Waals surface area contributed by atoms with Crippen molar-refractivity contribution in [3.8, 4) is 0 Å². The second-order valence-electron chi connectivity index (χ2n) is 20.5. The molecule has 4 rings (SSSR count). The third-order valence-electron chi connectivity index (χ3n) is 14.1. The minimum atomic E-state index is -2.20. The summed E-state index contributed by atoms with van der Waals surface area (Å²) in [7, 11) is 0. The number of carbonyl (C=O) groups excluding carboxylic acids is 5. The molecule has 1 heterocycles. The Hall–Kier alpha value is -3.19. The van der Waals surface area contributed by atoms with Crippen molar-refractivity contribution in [3.63, 3.8) is 0 Å². The van der Waals surface area contributed by atoms with Gasteiger partial charge in [-0.3, -0.25) is 19.2 Å². The molecule has 0 aromatic rings. The molecule has 0 aromatic heterocycles. The molecule has 2 saturated carbocycles. The minimum absolute atomic E-state index is 0. The normalized spacial score (nSPS) is 30.9. The summed E-state index contributed by atoms with van der Waals surface area (Å²) >= 11 is 0. The van der Waals surface area contributed by atoms with Gasteiger partial charge in [0.1, 0.15) is 41.2 Å². The van der Waals surface area contributed by atoms with E-state index >= 15 is 4.79 Å². The molecule has 0 aromatic carbocycles. The number of amides is 1. The number of alkyl carbamates (subject to hydrolysis) is 1. The van der Waals surface area contributed by atoms with Gasteiger partial charge in [-0.2, -0.15) is 0 Å². The summed E-state index contributed by atoms with van der Waals surface area (Å²) in [5.41, 5.74) is -7.96.